The van der Waals surface area contributed by atoms with E-state index in [4.69, 9.17) is 11.6 Å². The van der Waals surface area contributed by atoms with Gasteiger partial charge in [0.15, 0.2) is 0 Å². The van der Waals surface area contributed by atoms with E-state index in [1.165, 1.54) is 0 Å². The molecule has 0 bridgehead atoms. The number of carbonyl (C=O) groups excluding carboxylic acids is 1. The number of carbonyl (C=O) groups is 1. The number of aromatic nitrogens is 1. The van der Waals surface area contributed by atoms with E-state index < -0.39 is 0 Å². The molecule has 0 saturated carbocycles. The highest BCUT2D eigenvalue weighted by Gasteiger charge is 2.13. The van der Waals surface area contributed by atoms with Crippen molar-refractivity contribution in [1.29, 1.82) is 0 Å². The predicted molar refractivity (Wildman–Crippen MR) is 65.6 cm³/mol. The van der Waals surface area contributed by atoms with Crippen LogP contribution in [0.1, 0.15) is 13.8 Å². The van der Waals surface area contributed by atoms with E-state index in [-0.39, 0.29) is 11.8 Å². The molecule has 1 atom stereocenters. The largest absolute Gasteiger partial charge is 0.323 e. The first-order valence-corrected chi connectivity index (χ1v) is 5.64. The maximum absolute atomic E-state index is 11.7. The molecule has 0 radical (unpaired) electrons. The molecule has 0 aliphatic rings. The van der Waals surface area contributed by atoms with Crippen LogP contribution < -0.4 is 10.6 Å². The highest BCUT2D eigenvalue weighted by molar-refractivity contribution is 6.33. The van der Waals surface area contributed by atoms with E-state index in [0.717, 1.165) is 6.54 Å². The summed E-state index contributed by atoms with van der Waals surface area (Å²) in [5, 5.41) is 6.36. The summed E-state index contributed by atoms with van der Waals surface area (Å²) in [7, 11) is 0. The first-order valence-electron chi connectivity index (χ1n) is 5.26. The number of nitrogens with zero attached hydrogens (tertiary/aromatic N) is 1. The number of hydrogen-bond donors (Lipinski definition) is 2. The number of halogens is 1. The van der Waals surface area contributed by atoms with Crippen molar-refractivity contribution in [2.75, 3.05) is 18.4 Å². The van der Waals surface area contributed by atoms with Gasteiger partial charge in [-0.15, -0.1) is 0 Å². The maximum atomic E-state index is 11.7. The number of rotatable bonds is 5. The summed E-state index contributed by atoms with van der Waals surface area (Å²) >= 11 is 5.91. The highest BCUT2D eigenvalue weighted by Crippen LogP contribution is 2.19. The molecule has 1 unspecified atom stereocenters. The van der Waals surface area contributed by atoms with Gasteiger partial charge in [0.05, 0.1) is 16.9 Å². The zero-order valence-electron chi connectivity index (χ0n) is 9.46. The minimum Gasteiger partial charge on any atom is -0.323 e. The van der Waals surface area contributed by atoms with Crippen LogP contribution in [0.25, 0.3) is 0 Å². The van der Waals surface area contributed by atoms with Crippen LogP contribution in [0.3, 0.4) is 0 Å². The van der Waals surface area contributed by atoms with Crippen molar-refractivity contribution in [3.63, 3.8) is 0 Å². The molecule has 1 amide bonds. The van der Waals surface area contributed by atoms with Crippen LogP contribution in [0.15, 0.2) is 18.5 Å². The van der Waals surface area contributed by atoms with Crippen LogP contribution in [0.2, 0.25) is 5.02 Å². The SMILES string of the molecule is CCNCC(C)C(=O)Nc1cnccc1Cl. The Bertz CT molecular complexity index is 357. The van der Waals surface area contributed by atoms with Gasteiger partial charge in [0.25, 0.3) is 0 Å². The number of nitrogens with one attached hydrogen (secondary N) is 2. The Hall–Kier alpha value is -1.13. The third-order valence-electron chi connectivity index (χ3n) is 2.17. The number of amides is 1. The Morgan fingerprint density at radius 1 is 1.62 bits per heavy atom. The Morgan fingerprint density at radius 3 is 3.00 bits per heavy atom. The molecule has 0 spiro atoms. The quantitative estimate of drug-likeness (QED) is 0.828. The van der Waals surface area contributed by atoms with Crippen LogP contribution in [0.5, 0.6) is 0 Å². The van der Waals surface area contributed by atoms with Gasteiger partial charge in [0, 0.05) is 18.7 Å². The summed E-state index contributed by atoms with van der Waals surface area (Å²) in [6.07, 6.45) is 3.13. The van der Waals surface area contributed by atoms with Crippen LogP contribution in [-0.2, 0) is 4.79 Å². The van der Waals surface area contributed by atoms with Crippen LogP contribution >= 0.6 is 11.6 Å². The second-order valence-electron chi connectivity index (χ2n) is 3.55. The van der Waals surface area contributed by atoms with E-state index in [0.29, 0.717) is 17.3 Å². The normalized spacial score (nSPS) is 12.2. The molecule has 1 heterocycles. The smallest absolute Gasteiger partial charge is 0.228 e. The second-order valence-corrected chi connectivity index (χ2v) is 3.96. The molecule has 5 heteroatoms. The highest BCUT2D eigenvalue weighted by atomic mass is 35.5. The maximum Gasteiger partial charge on any atom is 0.228 e. The van der Waals surface area contributed by atoms with Crippen LogP contribution in [0, 0.1) is 5.92 Å². The van der Waals surface area contributed by atoms with Crippen molar-refractivity contribution in [2.45, 2.75) is 13.8 Å². The zero-order chi connectivity index (χ0) is 12.0. The van der Waals surface area contributed by atoms with Gasteiger partial charge < -0.3 is 10.6 Å². The summed E-state index contributed by atoms with van der Waals surface area (Å²) in [6, 6.07) is 1.64. The van der Waals surface area contributed by atoms with E-state index in [9.17, 15) is 4.79 Å². The van der Waals surface area contributed by atoms with Crippen molar-refractivity contribution >= 4 is 23.2 Å². The first-order chi connectivity index (χ1) is 7.65. The zero-order valence-corrected chi connectivity index (χ0v) is 10.2. The predicted octanol–water partition coefficient (Wildman–Crippen LogP) is 1.92. The van der Waals surface area contributed by atoms with E-state index >= 15 is 0 Å². The lowest BCUT2D eigenvalue weighted by Gasteiger charge is -2.12. The van der Waals surface area contributed by atoms with Crippen molar-refractivity contribution in [3.05, 3.63) is 23.5 Å². The van der Waals surface area contributed by atoms with Crippen molar-refractivity contribution < 1.29 is 4.79 Å². The average molecular weight is 242 g/mol. The molecule has 0 aliphatic carbocycles. The van der Waals surface area contributed by atoms with Gasteiger partial charge in [-0.2, -0.15) is 0 Å². The molecule has 1 aromatic rings. The Kier molecular flexibility index (Phi) is 5.22. The minimum absolute atomic E-state index is 0.0594. The molecule has 1 aromatic heterocycles. The summed E-state index contributed by atoms with van der Waals surface area (Å²) in [6.45, 7) is 5.37. The molecule has 88 valence electrons. The van der Waals surface area contributed by atoms with Gasteiger partial charge in [0.2, 0.25) is 5.91 Å². The summed E-state index contributed by atoms with van der Waals surface area (Å²) in [4.78, 5) is 15.6. The molecule has 16 heavy (non-hydrogen) atoms. The Balaban J connectivity index is 2.54. The van der Waals surface area contributed by atoms with Crippen molar-refractivity contribution in [2.24, 2.45) is 5.92 Å². The van der Waals surface area contributed by atoms with E-state index in [2.05, 4.69) is 15.6 Å². The topological polar surface area (TPSA) is 54.0 Å². The molecular weight excluding hydrogens is 226 g/mol. The number of pyridine rings is 1. The van der Waals surface area contributed by atoms with Crippen LogP contribution in [0.4, 0.5) is 5.69 Å². The van der Waals surface area contributed by atoms with E-state index in [1.807, 2.05) is 13.8 Å². The van der Waals surface area contributed by atoms with Gasteiger partial charge in [0.1, 0.15) is 0 Å². The Labute approximate surface area is 100 Å². The van der Waals surface area contributed by atoms with Gasteiger partial charge in [-0.25, -0.2) is 0 Å². The molecule has 0 fully saturated rings. The fourth-order valence-corrected chi connectivity index (χ4v) is 1.33. The van der Waals surface area contributed by atoms with Crippen molar-refractivity contribution in [3.8, 4) is 0 Å². The van der Waals surface area contributed by atoms with Gasteiger partial charge in [-0.1, -0.05) is 25.4 Å². The summed E-state index contributed by atoms with van der Waals surface area (Å²) in [5.74, 6) is -0.160. The molecule has 2 N–H and O–H groups in total. The molecule has 0 aliphatic heterocycles. The van der Waals surface area contributed by atoms with Crippen LogP contribution in [-0.4, -0.2) is 24.0 Å². The number of hydrogen-bond acceptors (Lipinski definition) is 3. The molecule has 4 nitrogen and oxygen atoms in total. The van der Waals surface area contributed by atoms with Gasteiger partial charge in [-0.3, -0.25) is 9.78 Å². The third kappa shape index (κ3) is 3.79. The standard InChI is InChI=1S/C11H16ClN3O/c1-3-13-6-8(2)11(16)15-10-7-14-5-4-9(10)12/h4-5,7-8,13H,3,6H2,1-2H3,(H,15,16). The molecular formula is C11H16ClN3O. The monoisotopic (exact) mass is 241 g/mol. The fourth-order valence-electron chi connectivity index (χ4n) is 1.18. The first kappa shape index (κ1) is 12.9. The lowest BCUT2D eigenvalue weighted by molar-refractivity contribution is -0.119. The van der Waals surface area contributed by atoms with Gasteiger partial charge >= 0.3 is 0 Å². The van der Waals surface area contributed by atoms with Crippen molar-refractivity contribution in [1.82, 2.24) is 10.3 Å². The number of anilines is 1. The minimum atomic E-state index is -0.101. The lowest BCUT2D eigenvalue weighted by atomic mass is 10.1. The fraction of sp³-hybridized carbons (Fsp3) is 0.455. The molecule has 0 aromatic carbocycles. The summed E-state index contributed by atoms with van der Waals surface area (Å²) in [5.41, 5.74) is 0.553. The molecule has 1 rings (SSSR count). The second kappa shape index (κ2) is 6.45. The summed E-state index contributed by atoms with van der Waals surface area (Å²) < 4.78 is 0. The Morgan fingerprint density at radius 2 is 2.38 bits per heavy atom. The third-order valence-corrected chi connectivity index (χ3v) is 2.50. The molecule has 0 saturated heterocycles. The van der Waals surface area contributed by atoms with E-state index in [1.54, 1.807) is 18.5 Å². The van der Waals surface area contributed by atoms with Gasteiger partial charge in [-0.05, 0) is 12.6 Å². The average Bonchev–Trinajstić information content (AvgIpc) is 2.28. The lowest BCUT2D eigenvalue weighted by Crippen LogP contribution is -2.30.